The zero-order valence-electron chi connectivity index (χ0n) is 18.1. The van der Waals surface area contributed by atoms with Crippen LogP contribution in [0.3, 0.4) is 0 Å². The molecule has 0 unspecified atom stereocenters. The highest BCUT2D eigenvalue weighted by atomic mass is 19.1. The van der Waals surface area contributed by atoms with Gasteiger partial charge in [0.2, 0.25) is 5.91 Å². The molecule has 3 N–H and O–H groups in total. The van der Waals surface area contributed by atoms with E-state index in [0.29, 0.717) is 11.3 Å². The van der Waals surface area contributed by atoms with Crippen molar-refractivity contribution in [1.29, 1.82) is 0 Å². The fourth-order valence-corrected chi connectivity index (χ4v) is 3.62. The third-order valence-corrected chi connectivity index (χ3v) is 5.45. The van der Waals surface area contributed by atoms with Crippen LogP contribution in [0.4, 0.5) is 14.9 Å². The summed E-state index contributed by atoms with van der Waals surface area (Å²) < 4.78 is 18.5. The summed E-state index contributed by atoms with van der Waals surface area (Å²) in [5.41, 5.74) is -0.628. The molecule has 0 saturated carbocycles. The van der Waals surface area contributed by atoms with Gasteiger partial charge >= 0.3 is 6.03 Å². The van der Waals surface area contributed by atoms with Crippen molar-refractivity contribution in [1.82, 2.24) is 15.5 Å². The Kier molecular flexibility index (Phi) is 6.13. The fourth-order valence-electron chi connectivity index (χ4n) is 3.62. The highest BCUT2D eigenvalue weighted by Crippen LogP contribution is 2.29. The normalized spacial score (nSPS) is 17.4. The number of hydrogen-bond donors (Lipinski definition) is 3. The van der Waals surface area contributed by atoms with Gasteiger partial charge in [-0.15, -0.1) is 0 Å². The zero-order chi connectivity index (χ0) is 24.3. The van der Waals surface area contributed by atoms with Gasteiger partial charge in [0.25, 0.3) is 11.8 Å². The van der Waals surface area contributed by atoms with Crippen molar-refractivity contribution < 1.29 is 28.0 Å². The van der Waals surface area contributed by atoms with E-state index < -0.39 is 41.7 Å². The third-order valence-electron chi connectivity index (χ3n) is 5.45. The number of para-hydroxylation sites is 1. The maximum Gasteiger partial charge on any atom is 0.325 e. The van der Waals surface area contributed by atoms with Crippen LogP contribution in [0.25, 0.3) is 0 Å². The summed E-state index contributed by atoms with van der Waals surface area (Å²) in [7, 11) is 0. The number of urea groups is 1. The molecule has 9 nitrogen and oxygen atoms in total. The lowest BCUT2D eigenvalue weighted by molar-refractivity contribution is -0.133. The molecule has 1 aromatic heterocycles. The number of anilines is 1. The second kappa shape index (κ2) is 9.18. The number of carbonyl (C=O) groups excluding carboxylic acids is 4. The maximum atomic E-state index is 13.3. The number of rotatable bonds is 7. The number of amides is 5. The molecule has 1 atom stereocenters. The summed E-state index contributed by atoms with van der Waals surface area (Å²) in [4.78, 5) is 51.5. The van der Waals surface area contributed by atoms with Gasteiger partial charge in [0.15, 0.2) is 0 Å². The zero-order valence-corrected chi connectivity index (χ0v) is 18.1. The maximum absolute atomic E-state index is 13.3. The molecule has 34 heavy (non-hydrogen) atoms. The molecule has 0 radical (unpaired) electrons. The van der Waals surface area contributed by atoms with E-state index in [2.05, 4.69) is 16.0 Å². The Morgan fingerprint density at radius 1 is 1.06 bits per heavy atom. The van der Waals surface area contributed by atoms with E-state index in [1.54, 1.807) is 24.3 Å². The van der Waals surface area contributed by atoms with E-state index in [0.717, 1.165) is 4.90 Å². The Labute approximate surface area is 193 Å². The summed E-state index contributed by atoms with van der Waals surface area (Å²) in [6, 6.07) is 14.2. The Hall–Kier alpha value is -4.47. The molecular formula is C24H21FN4O5. The number of halogens is 1. The summed E-state index contributed by atoms with van der Waals surface area (Å²) in [5.74, 6) is -1.67. The standard InChI is InChI=1S/C24H21FN4O5/c1-24(15-8-10-16(25)11-9-15)22(32)29(23(33)28-24)14-20(30)27-19-7-3-2-6-18(19)21(31)26-13-17-5-4-12-34-17/h2-12H,13-14H2,1H3,(H,26,31)(H,27,30)(H,28,33)/t24-/m0/s1. The Balaban J connectivity index is 1.44. The lowest BCUT2D eigenvalue weighted by Gasteiger charge is -2.22. The summed E-state index contributed by atoms with van der Waals surface area (Å²) in [5, 5.41) is 7.83. The van der Waals surface area contributed by atoms with E-state index in [4.69, 9.17) is 4.42 Å². The molecule has 2 heterocycles. The average Bonchev–Trinajstić information content (AvgIpc) is 3.41. The first kappa shape index (κ1) is 22.7. The number of nitrogens with zero attached hydrogens (tertiary/aromatic N) is 1. The third kappa shape index (κ3) is 4.51. The van der Waals surface area contributed by atoms with E-state index in [9.17, 15) is 23.6 Å². The Bertz CT molecular complexity index is 1240. The van der Waals surface area contributed by atoms with Gasteiger partial charge in [-0.2, -0.15) is 0 Å². The molecular weight excluding hydrogens is 443 g/mol. The van der Waals surface area contributed by atoms with Crippen molar-refractivity contribution in [3.8, 4) is 0 Å². The van der Waals surface area contributed by atoms with E-state index >= 15 is 0 Å². The van der Waals surface area contributed by atoms with Crippen LogP contribution in [0.5, 0.6) is 0 Å². The number of imide groups is 1. The van der Waals surface area contributed by atoms with Gasteiger partial charge in [0.05, 0.1) is 24.1 Å². The minimum Gasteiger partial charge on any atom is -0.467 e. The van der Waals surface area contributed by atoms with Crippen LogP contribution in [-0.4, -0.2) is 35.2 Å². The first-order chi connectivity index (χ1) is 16.3. The average molecular weight is 464 g/mol. The number of nitrogens with one attached hydrogen (secondary N) is 3. The Morgan fingerprint density at radius 2 is 1.79 bits per heavy atom. The van der Waals surface area contributed by atoms with Gasteiger partial charge in [0, 0.05) is 0 Å². The minimum atomic E-state index is -1.44. The van der Waals surface area contributed by atoms with E-state index in [1.807, 2.05) is 0 Å². The van der Waals surface area contributed by atoms with Crippen molar-refractivity contribution >= 4 is 29.4 Å². The molecule has 5 amide bonds. The SMILES string of the molecule is C[C@@]1(c2ccc(F)cc2)NC(=O)N(CC(=O)Nc2ccccc2C(=O)NCc2ccco2)C1=O. The van der Waals surface area contributed by atoms with Crippen LogP contribution in [0, 0.1) is 5.82 Å². The molecule has 0 spiro atoms. The molecule has 2 aromatic carbocycles. The molecule has 1 fully saturated rings. The quantitative estimate of drug-likeness (QED) is 0.465. The monoisotopic (exact) mass is 464 g/mol. The highest BCUT2D eigenvalue weighted by molar-refractivity contribution is 6.11. The van der Waals surface area contributed by atoms with Crippen LogP contribution in [0.2, 0.25) is 0 Å². The van der Waals surface area contributed by atoms with Gasteiger partial charge < -0.3 is 20.4 Å². The molecule has 174 valence electrons. The number of hydrogen-bond acceptors (Lipinski definition) is 5. The van der Waals surface area contributed by atoms with Crippen molar-refractivity contribution in [2.45, 2.75) is 19.0 Å². The lowest BCUT2D eigenvalue weighted by atomic mass is 9.92. The molecule has 0 bridgehead atoms. The molecule has 1 saturated heterocycles. The first-order valence-electron chi connectivity index (χ1n) is 10.4. The lowest BCUT2D eigenvalue weighted by Crippen LogP contribution is -2.42. The second-order valence-corrected chi connectivity index (χ2v) is 7.81. The smallest absolute Gasteiger partial charge is 0.325 e. The topological polar surface area (TPSA) is 121 Å². The Morgan fingerprint density at radius 3 is 2.50 bits per heavy atom. The van der Waals surface area contributed by atoms with Gasteiger partial charge in [-0.3, -0.25) is 19.3 Å². The molecule has 1 aliphatic rings. The minimum absolute atomic E-state index is 0.165. The predicted octanol–water partition coefficient (Wildman–Crippen LogP) is 2.75. The summed E-state index contributed by atoms with van der Waals surface area (Å²) >= 11 is 0. The summed E-state index contributed by atoms with van der Waals surface area (Å²) in [6.45, 7) is 1.08. The number of furan rings is 1. The molecule has 1 aliphatic heterocycles. The largest absolute Gasteiger partial charge is 0.467 e. The van der Waals surface area contributed by atoms with Crippen molar-refractivity contribution in [2.75, 3.05) is 11.9 Å². The second-order valence-electron chi connectivity index (χ2n) is 7.81. The molecule has 10 heteroatoms. The van der Waals surface area contributed by atoms with Gasteiger partial charge in [0.1, 0.15) is 23.7 Å². The van der Waals surface area contributed by atoms with Crippen LogP contribution >= 0.6 is 0 Å². The van der Waals surface area contributed by atoms with Crippen molar-refractivity contribution in [3.63, 3.8) is 0 Å². The highest BCUT2D eigenvalue weighted by Gasteiger charge is 2.49. The van der Waals surface area contributed by atoms with Gasteiger partial charge in [-0.05, 0) is 48.9 Å². The van der Waals surface area contributed by atoms with Crippen LogP contribution in [-0.2, 0) is 21.7 Å². The first-order valence-corrected chi connectivity index (χ1v) is 10.4. The molecule has 0 aliphatic carbocycles. The van der Waals surface area contributed by atoms with Gasteiger partial charge in [-0.1, -0.05) is 24.3 Å². The molecule has 3 aromatic rings. The predicted molar refractivity (Wildman–Crippen MR) is 119 cm³/mol. The van der Waals surface area contributed by atoms with Crippen LogP contribution in [0.1, 0.15) is 28.6 Å². The van der Waals surface area contributed by atoms with E-state index in [1.165, 1.54) is 49.6 Å². The van der Waals surface area contributed by atoms with Crippen LogP contribution in [0.15, 0.2) is 71.3 Å². The van der Waals surface area contributed by atoms with Gasteiger partial charge in [-0.25, -0.2) is 9.18 Å². The van der Waals surface area contributed by atoms with Crippen molar-refractivity contribution in [3.05, 3.63) is 89.6 Å². The van der Waals surface area contributed by atoms with Crippen LogP contribution < -0.4 is 16.0 Å². The number of carbonyl (C=O) groups is 4. The molecule has 4 rings (SSSR count). The van der Waals surface area contributed by atoms with Crippen molar-refractivity contribution in [2.24, 2.45) is 0 Å². The fraction of sp³-hybridized carbons (Fsp3) is 0.167. The van der Waals surface area contributed by atoms with E-state index in [-0.39, 0.29) is 17.8 Å². The summed E-state index contributed by atoms with van der Waals surface area (Å²) in [6.07, 6.45) is 1.49. The number of benzene rings is 2.